The molecule has 2 aliphatic rings. The fourth-order valence-electron chi connectivity index (χ4n) is 3.07. The van der Waals surface area contributed by atoms with Crippen LogP contribution in [0.25, 0.3) is 0 Å². The number of hydrogen-bond donors (Lipinski definition) is 2. The van der Waals surface area contributed by atoms with Gasteiger partial charge in [0.1, 0.15) is 5.75 Å². The fourth-order valence-corrected chi connectivity index (χ4v) is 3.07. The molecule has 3 nitrogen and oxygen atoms in total. The second kappa shape index (κ2) is 4.67. The van der Waals surface area contributed by atoms with Crippen molar-refractivity contribution in [2.75, 3.05) is 26.2 Å². The molecule has 2 heterocycles. The third-order valence-corrected chi connectivity index (χ3v) is 3.95. The summed E-state index contributed by atoms with van der Waals surface area (Å²) < 4.78 is 0. The van der Waals surface area contributed by atoms with Gasteiger partial charge in [0.05, 0.1) is 0 Å². The summed E-state index contributed by atoms with van der Waals surface area (Å²) in [5.41, 5.74) is 2.69. The van der Waals surface area contributed by atoms with E-state index in [4.69, 9.17) is 0 Å². The predicted octanol–water partition coefficient (Wildman–Crippen LogP) is 1.67. The van der Waals surface area contributed by atoms with E-state index in [0.29, 0.717) is 11.7 Å². The molecule has 0 spiro atoms. The number of rotatable bonds is 2. The van der Waals surface area contributed by atoms with E-state index in [-0.39, 0.29) is 0 Å². The molecule has 1 unspecified atom stereocenters. The maximum atomic E-state index is 9.52. The highest BCUT2D eigenvalue weighted by molar-refractivity contribution is 5.38. The normalized spacial score (nSPS) is 24.8. The van der Waals surface area contributed by atoms with Gasteiger partial charge in [-0.15, -0.1) is 0 Å². The summed E-state index contributed by atoms with van der Waals surface area (Å²) in [5, 5.41) is 13.0. The Hall–Kier alpha value is -1.06. The molecule has 0 amide bonds. The van der Waals surface area contributed by atoms with E-state index in [1.54, 1.807) is 0 Å². The van der Waals surface area contributed by atoms with Crippen molar-refractivity contribution in [3.8, 4) is 5.75 Å². The SMILES string of the molecule is Oc1ccc2c(c1)CNCC2CN1CCCC1. The number of phenolic OH excluding ortho intramolecular Hbond substituents is 1. The lowest BCUT2D eigenvalue weighted by molar-refractivity contribution is 0.303. The quantitative estimate of drug-likeness (QED) is 0.814. The van der Waals surface area contributed by atoms with E-state index in [0.717, 1.165) is 19.6 Å². The zero-order chi connectivity index (χ0) is 11.7. The summed E-state index contributed by atoms with van der Waals surface area (Å²) in [7, 11) is 0. The van der Waals surface area contributed by atoms with E-state index in [2.05, 4.69) is 16.3 Å². The maximum absolute atomic E-state index is 9.52. The Morgan fingerprint density at radius 3 is 2.94 bits per heavy atom. The summed E-state index contributed by atoms with van der Waals surface area (Å²) in [6.45, 7) is 5.62. The van der Waals surface area contributed by atoms with Gasteiger partial charge in [0.25, 0.3) is 0 Å². The zero-order valence-corrected chi connectivity index (χ0v) is 10.2. The van der Waals surface area contributed by atoms with Crippen LogP contribution in [-0.4, -0.2) is 36.2 Å². The van der Waals surface area contributed by atoms with Gasteiger partial charge in [-0.25, -0.2) is 0 Å². The average Bonchev–Trinajstić information content (AvgIpc) is 2.82. The van der Waals surface area contributed by atoms with Crippen LogP contribution in [0.15, 0.2) is 18.2 Å². The zero-order valence-electron chi connectivity index (χ0n) is 10.2. The number of aromatic hydroxyl groups is 1. The highest BCUT2D eigenvalue weighted by Crippen LogP contribution is 2.28. The molecule has 0 bridgehead atoms. The van der Waals surface area contributed by atoms with E-state index < -0.39 is 0 Å². The molecule has 1 atom stereocenters. The third kappa shape index (κ3) is 2.31. The van der Waals surface area contributed by atoms with Crippen molar-refractivity contribution in [2.45, 2.75) is 25.3 Å². The van der Waals surface area contributed by atoms with Crippen molar-refractivity contribution in [3.63, 3.8) is 0 Å². The topological polar surface area (TPSA) is 35.5 Å². The van der Waals surface area contributed by atoms with Gasteiger partial charge in [0.15, 0.2) is 0 Å². The first-order chi connectivity index (χ1) is 8.33. The van der Waals surface area contributed by atoms with Crippen molar-refractivity contribution in [1.29, 1.82) is 0 Å². The van der Waals surface area contributed by atoms with E-state index in [1.807, 2.05) is 12.1 Å². The van der Waals surface area contributed by atoms with Crippen molar-refractivity contribution in [2.24, 2.45) is 0 Å². The smallest absolute Gasteiger partial charge is 0.115 e. The fraction of sp³-hybridized carbons (Fsp3) is 0.571. The molecule has 92 valence electrons. The van der Waals surface area contributed by atoms with Crippen molar-refractivity contribution in [3.05, 3.63) is 29.3 Å². The monoisotopic (exact) mass is 232 g/mol. The van der Waals surface area contributed by atoms with E-state index in [1.165, 1.54) is 37.1 Å². The number of hydrogen-bond acceptors (Lipinski definition) is 3. The van der Waals surface area contributed by atoms with Gasteiger partial charge in [-0.2, -0.15) is 0 Å². The number of phenols is 1. The second-order valence-electron chi connectivity index (χ2n) is 5.22. The molecule has 2 N–H and O–H groups in total. The Morgan fingerprint density at radius 2 is 2.12 bits per heavy atom. The molecule has 1 aromatic carbocycles. The van der Waals surface area contributed by atoms with Crippen LogP contribution >= 0.6 is 0 Å². The van der Waals surface area contributed by atoms with Gasteiger partial charge in [-0.1, -0.05) is 6.07 Å². The Morgan fingerprint density at radius 1 is 1.29 bits per heavy atom. The minimum absolute atomic E-state index is 0.382. The average molecular weight is 232 g/mol. The molecule has 1 saturated heterocycles. The van der Waals surface area contributed by atoms with Crippen molar-refractivity contribution in [1.82, 2.24) is 10.2 Å². The molecule has 3 heteroatoms. The third-order valence-electron chi connectivity index (χ3n) is 3.95. The summed E-state index contributed by atoms with van der Waals surface area (Å²) in [4.78, 5) is 2.56. The van der Waals surface area contributed by atoms with Gasteiger partial charge < -0.3 is 15.3 Å². The molecule has 1 fully saturated rings. The lowest BCUT2D eigenvalue weighted by Crippen LogP contribution is -2.35. The standard InChI is InChI=1S/C14H20N2O/c17-13-3-4-14-11(7-13)8-15-9-12(14)10-16-5-1-2-6-16/h3-4,7,12,15,17H,1-2,5-6,8-10H2. The number of likely N-dealkylation sites (tertiary alicyclic amines) is 1. The summed E-state index contributed by atoms with van der Waals surface area (Å²) >= 11 is 0. The first-order valence-electron chi connectivity index (χ1n) is 6.58. The lowest BCUT2D eigenvalue weighted by atomic mass is 9.90. The van der Waals surface area contributed by atoms with Crippen LogP contribution in [0.5, 0.6) is 5.75 Å². The first kappa shape index (κ1) is 11.1. The van der Waals surface area contributed by atoms with Crippen LogP contribution in [0, 0.1) is 0 Å². The molecule has 0 aromatic heterocycles. The highest BCUT2D eigenvalue weighted by atomic mass is 16.3. The van der Waals surface area contributed by atoms with Crippen LogP contribution < -0.4 is 5.32 Å². The van der Waals surface area contributed by atoms with Gasteiger partial charge in [0.2, 0.25) is 0 Å². The molecule has 0 aliphatic carbocycles. The highest BCUT2D eigenvalue weighted by Gasteiger charge is 2.23. The van der Waals surface area contributed by atoms with Gasteiger partial charge in [0, 0.05) is 25.6 Å². The van der Waals surface area contributed by atoms with Gasteiger partial charge >= 0.3 is 0 Å². The largest absolute Gasteiger partial charge is 0.508 e. The molecule has 0 radical (unpaired) electrons. The number of nitrogens with zero attached hydrogens (tertiary/aromatic N) is 1. The summed E-state index contributed by atoms with van der Waals surface area (Å²) in [6, 6.07) is 5.83. The van der Waals surface area contributed by atoms with Crippen LogP contribution in [-0.2, 0) is 6.54 Å². The van der Waals surface area contributed by atoms with Crippen LogP contribution in [0.3, 0.4) is 0 Å². The number of nitrogens with one attached hydrogen (secondary N) is 1. The molecular weight excluding hydrogens is 212 g/mol. The molecular formula is C14H20N2O. The summed E-state index contributed by atoms with van der Waals surface area (Å²) in [5.74, 6) is 0.963. The Labute approximate surface area is 102 Å². The lowest BCUT2D eigenvalue weighted by Gasteiger charge is -2.29. The molecule has 1 aromatic rings. The Balaban J connectivity index is 1.78. The number of benzene rings is 1. The van der Waals surface area contributed by atoms with E-state index in [9.17, 15) is 5.11 Å². The minimum atomic E-state index is 0.382. The van der Waals surface area contributed by atoms with Crippen LogP contribution in [0.2, 0.25) is 0 Å². The minimum Gasteiger partial charge on any atom is -0.508 e. The molecule has 2 aliphatic heterocycles. The maximum Gasteiger partial charge on any atom is 0.115 e. The van der Waals surface area contributed by atoms with Crippen molar-refractivity contribution >= 4 is 0 Å². The first-order valence-corrected chi connectivity index (χ1v) is 6.58. The van der Waals surface area contributed by atoms with Crippen molar-refractivity contribution < 1.29 is 5.11 Å². The second-order valence-corrected chi connectivity index (χ2v) is 5.22. The van der Waals surface area contributed by atoms with E-state index >= 15 is 0 Å². The predicted molar refractivity (Wildman–Crippen MR) is 68.2 cm³/mol. The van der Waals surface area contributed by atoms with Crippen LogP contribution in [0.1, 0.15) is 29.9 Å². The Kier molecular flexibility index (Phi) is 3.04. The van der Waals surface area contributed by atoms with Crippen LogP contribution in [0.4, 0.5) is 0 Å². The van der Waals surface area contributed by atoms with Gasteiger partial charge in [-0.05, 0) is 49.2 Å². The number of fused-ring (bicyclic) bond motifs is 1. The molecule has 0 saturated carbocycles. The molecule has 17 heavy (non-hydrogen) atoms. The summed E-state index contributed by atoms with van der Waals surface area (Å²) in [6.07, 6.45) is 2.70. The molecule has 3 rings (SSSR count). The Bertz CT molecular complexity index is 399. The van der Waals surface area contributed by atoms with Gasteiger partial charge in [-0.3, -0.25) is 0 Å².